The van der Waals surface area contributed by atoms with Gasteiger partial charge in [-0.3, -0.25) is 4.79 Å². The molecular formula is C12H12N4O2. The van der Waals surface area contributed by atoms with Crippen molar-refractivity contribution in [3.05, 3.63) is 47.3 Å². The second-order valence-electron chi connectivity index (χ2n) is 4.28. The molecule has 0 radical (unpaired) electrons. The number of H-pyrrole nitrogens is 1. The minimum absolute atomic E-state index is 0.214. The highest BCUT2D eigenvalue weighted by Crippen LogP contribution is 2.31. The zero-order valence-electron chi connectivity index (χ0n) is 9.50. The molecule has 1 aromatic heterocycles. The van der Waals surface area contributed by atoms with Crippen molar-refractivity contribution in [1.29, 1.82) is 0 Å². The maximum Gasteiger partial charge on any atom is 0.274 e. The molecule has 2 aromatic rings. The zero-order chi connectivity index (χ0) is 12.5. The highest BCUT2D eigenvalue weighted by Gasteiger charge is 2.32. The first-order valence-corrected chi connectivity index (χ1v) is 5.68. The highest BCUT2D eigenvalue weighted by atomic mass is 16.3. The minimum atomic E-state index is -0.599. The van der Waals surface area contributed by atoms with E-state index in [4.69, 9.17) is 0 Å². The van der Waals surface area contributed by atoms with E-state index in [0.29, 0.717) is 6.42 Å². The van der Waals surface area contributed by atoms with Crippen LogP contribution in [0.3, 0.4) is 0 Å². The quantitative estimate of drug-likeness (QED) is 0.703. The number of nitrogens with one attached hydrogen (secondary N) is 2. The Kier molecular flexibility index (Phi) is 2.56. The van der Waals surface area contributed by atoms with E-state index in [1.165, 1.54) is 6.20 Å². The summed E-state index contributed by atoms with van der Waals surface area (Å²) >= 11 is 0. The van der Waals surface area contributed by atoms with Gasteiger partial charge in [-0.2, -0.15) is 15.4 Å². The molecule has 18 heavy (non-hydrogen) atoms. The van der Waals surface area contributed by atoms with Crippen LogP contribution in [0.1, 0.15) is 27.7 Å². The molecule has 0 fully saturated rings. The second kappa shape index (κ2) is 4.23. The first kappa shape index (κ1) is 10.9. The molecule has 1 amide bonds. The van der Waals surface area contributed by atoms with Crippen molar-refractivity contribution in [3.8, 4) is 0 Å². The van der Waals surface area contributed by atoms with Crippen molar-refractivity contribution in [2.45, 2.75) is 18.6 Å². The van der Waals surface area contributed by atoms with E-state index in [1.807, 2.05) is 24.3 Å². The number of aliphatic hydroxyl groups is 1. The summed E-state index contributed by atoms with van der Waals surface area (Å²) in [4.78, 5) is 11.9. The van der Waals surface area contributed by atoms with Gasteiger partial charge in [0, 0.05) is 6.42 Å². The lowest BCUT2D eigenvalue weighted by Gasteiger charge is -2.16. The third kappa shape index (κ3) is 1.76. The molecule has 0 spiro atoms. The molecule has 3 rings (SSSR count). The maximum absolute atomic E-state index is 11.9. The maximum atomic E-state index is 11.9. The van der Waals surface area contributed by atoms with Crippen LogP contribution in [0.15, 0.2) is 30.5 Å². The molecule has 0 aliphatic heterocycles. The lowest BCUT2D eigenvalue weighted by Crippen LogP contribution is -2.34. The first-order chi connectivity index (χ1) is 8.75. The number of carbonyl (C=O) groups is 1. The Morgan fingerprint density at radius 1 is 1.44 bits per heavy atom. The topological polar surface area (TPSA) is 90.9 Å². The summed E-state index contributed by atoms with van der Waals surface area (Å²) in [5, 5.41) is 22.4. The molecule has 0 bridgehead atoms. The van der Waals surface area contributed by atoms with Crippen molar-refractivity contribution >= 4 is 5.91 Å². The van der Waals surface area contributed by atoms with Gasteiger partial charge in [0.05, 0.1) is 18.3 Å². The number of rotatable bonds is 2. The Balaban J connectivity index is 1.83. The highest BCUT2D eigenvalue weighted by molar-refractivity contribution is 5.92. The van der Waals surface area contributed by atoms with Gasteiger partial charge in [-0.15, -0.1) is 0 Å². The van der Waals surface area contributed by atoms with Gasteiger partial charge in [0.15, 0.2) is 5.69 Å². The van der Waals surface area contributed by atoms with Crippen LogP contribution in [-0.4, -0.2) is 32.5 Å². The molecular weight excluding hydrogens is 232 g/mol. The van der Waals surface area contributed by atoms with Gasteiger partial charge in [-0.1, -0.05) is 24.3 Å². The fourth-order valence-electron chi connectivity index (χ4n) is 2.27. The molecule has 6 heteroatoms. The SMILES string of the molecule is O=C(NC1c2ccccc2CC1O)c1cn[nH]n1. The predicted molar refractivity (Wildman–Crippen MR) is 62.7 cm³/mol. The summed E-state index contributed by atoms with van der Waals surface area (Å²) in [6, 6.07) is 7.31. The van der Waals surface area contributed by atoms with Crippen LogP contribution in [0.2, 0.25) is 0 Å². The fraction of sp³-hybridized carbons (Fsp3) is 0.250. The molecule has 3 N–H and O–H groups in total. The van der Waals surface area contributed by atoms with E-state index < -0.39 is 6.10 Å². The Bertz CT molecular complexity index is 567. The van der Waals surface area contributed by atoms with Crippen LogP contribution >= 0.6 is 0 Å². The smallest absolute Gasteiger partial charge is 0.274 e. The molecule has 0 saturated heterocycles. The Hall–Kier alpha value is -2.21. The first-order valence-electron chi connectivity index (χ1n) is 5.68. The van der Waals surface area contributed by atoms with Crippen LogP contribution in [-0.2, 0) is 6.42 Å². The number of benzene rings is 1. The molecule has 0 saturated carbocycles. The van der Waals surface area contributed by atoms with Gasteiger partial charge < -0.3 is 10.4 Å². The number of amides is 1. The molecule has 2 atom stereocenters. The van der Waals surface area contributed by atoms with Crippen LogP contribution in [0.5, 0.6) is 0 Å². The van der Waals surface area contributed by atoms with Crippen molar-refractivity contribution in [2.75, 3.05) is 0 Å². The summed E-state index contributed by atoms with van der Waals surface area (Å²) in [6.07, 6.45) is 1.31. The lowest BCUT2D eigenvalue weighted by molar-refractivity contribution is 0.0853. The number of hydrogen-bond acceptors (Lipinski definition) is 4. The molecule has 2 unspecified atom stereocenters. The summed E-state index contributed by atoms with van der Waals surface area (Å²) in [5.41, 5.74) is 2.24. The van der Waals surface area contributed by atoms with E-state index in [1.54, 1.807) is 0 Å². The molecule has 92 valence electrons. The Morgan fingerprint density at radius 2 is 2.28 bits per heavy atom. The molecule has 1 aliphatic carbocycles. The summed E-state index contributed by atoms with van der Waals surface area (Å²) in [7, 11) is 0. The number of fused-ring (bicyclic) bond motifs is 1. The predicted octanol–water partition coefficient (Wildman–Crippen LogP) is 0.193. The Morgan fingerprint density at radius 3 is 3.06 bits per heavy atom. The van der Waals surface area contributed by atoms with Crippen LogP contribution < -0.4 is 5.32 Å². The standard InChI is InChI=1S/C12H12N4O2/c17-10-5-7-3-1-2-4-8(7)11(10)14-12(18)9-6-13-16-15-9/h1-4,6,10-11,17H,5H2,(H,14,18)(H,13,15,16). The zero-order valence-corrected chi connectivity index (χ0v) is 9.50. The monoisotopic (exact) mass is 244 g/mol. The molecule has 6 nitrogen and oxygen atoms in total. The number of nitrogens with zero attached hydrogens (tertiary/aromatic N) is 2. The summed E-state index contributed by atoms with van der Waals surface area (Å²) in [5.74, 6) is -0.343. The van der Waals surface area contributed by atoms with E-state index >= 15 is 0 Å². The third-order valence-electron chi connectivity index (χ3n) is 3.14. The average molecular weight is 244 g/mol. The van der Waals surface area contributed by atoms with Gasteiger partial charge >= 0.3 is 0 Å². The van der Waals surface area contributed by atoms with E-state index in [0.717, 1.165) is 11.1 Å². The molecule has 1 heterocycles. The largest absolute Gasteiger partial charge is 0.390 e. The van der Waals surface area contributed by atoms with Crippen LogP contribution in [0.25, 0.3) is 0 Å². The minimum Gasteiger partial charge on any atom is -0.390 e. The average Bonchev–Trinajstić information content (AvgIpc) is 2.98. The van der Waals surface area contributed by atoms with Gasteiger partial charge in [0.2, 0.25) is 0 Å². The fourth-order valence-corrected chi connectivity index (χ4v) is 2.27. The third-order valence-corrected chi connectivity index (χ3v) is 3.14. The van der Waals surface area contributed by atoms with Gasteiger partial charge in [0.25, 0.3) is 5.91 Å². The normalized spacial score (nSPS) is 21.6. The van der Waals surface area contributed by atoms with Crippen LogP contribution in [0, 0.1) is 0 Å². The van der Waals surface area contributed by atoms with Crippen molar-refractivity contribution in [1.82, 2.24) is 20.7 Å². The molecule has 1 aromatic carbocycles. The van der Waals surface area contributed by atoms with Gasteiger partial charge in [-0.05, 0) is 11.1 Å². The number of aromatic nitrogens is 3. The van der Waals surface area contributed by atoms with Crippen molar-refractivity contribution < 1.29 is 9.90 Å². The number of aromatic amines is 1. The Labute approximate surface area is 103 Å². The lowest BCUT2D eigenvalue weighted by atomic mass is 10.1. The molecule has 1 aliphatic rings. The number of hydrogen-bond donors (Lipinski definition) is 3. The van der Waals surface area contributed by atoms with Crippen LogP contribution in [0.4, 0.5) is 0 Å². The second-order valence-corrected chi connectivity index (χ2v) is 4.28. The number of carbonyl (C=O) groups excluding carboxylic acids is 1. The summed E-state index contributed by atoms with van der Waals surface area (Å²) in [6.45, 7) is 0. The van der Waals surface area contributed by atoms with E-state index in [2.05, 4.69) is 20.7 Å². The van der Waals surface area contributed by atoms with Gasteiger partial charge in [0.1, 0.15) is 0 Å². The summed E-state index contributed by atoms with van der Waals surface area (Å²) < 4.78 is 0. The van der Waals surface area contributed by atoms with E-state index in [-0.39, 0.29) is 17.6 Å². The van der Waals surface area contributed by atoms with E-state index in [9.17, 15) is 9.90 Å². The van der Waals surface area contributed by atoms with Crippen molar-refractivity contribution in [3.63, 3.8) is 0 Å². The van der Waals surface area contributed by atoms with Crippen molar-refractivity contribution in [2.24, 2.45) is 0 Å². The van der Waals surface area contributed by atoms with Gasteiger partial charge in [-0.25, -0.2) is 0 Å². The number of aliphatic hydroxyl groups excluding tert-OH is 1.